The summed E-state index contributed by atoms with van der Waals surface area (Å²) >= 11 is 0. The molecule has 0 spiro atoms. The minimum absolute atomic E-state index is 0.426. The zero-order valence-corrected chi connectivity index (χ0v) is 12.0. The van der Waals surface area contributed by atoms with Crippen LogP contribution >= 0.6 is 0 Å². The number of benzene rings is 2. The normalized spacial score (nSPS) is 17.2. The third kappa shape index (κ3) is 3.54. The monoisotopic (exact) mass is 278 g/mol. The van der Waals surface area contributed by atoms with E-state index in [1.54, 1.807) is 0 Å². The summed E-state index contributed by atoms with van der Waals surface area (Å²) in [6.45, 7) is 2.17. The molecule has 3 rings (SSSR count). The summed E-state index contributed by atoms with van der Waals surface area (Å²) in [5, 5.41) is 0. The number of ether oxygens (including phenoxy) is 2. The average Bonchev–Trinajstić information content (AvgIpc) is 2.52. The van der Waals surface area contributed by atoms with Crippen molar-refractivity contribution in [3.8, 4) is 17.2 Å². The van der Waals surface area contributed by atoms with Gasteiger partial charge in [-0.3, -0.25) is 0 Å². The van der Waals surface area contributed by atoms with Crippen molar-refractivity contribution in [1.29, 1.82) is 0 Å². The SMILES string of the molecule is CC1CC=CC=C1Oc1ccc(Oc2ccccc2)cc1. The maximum absolute atomic E-state index is 5.93. The minimum atomic E-state index is 0.426. The molecular formula is C19H18O2. The van der Waals surface area contributed by atoms with Gasteiger partial charge in [0.25, 0.3) is 0 Å². The Morgan fingerprint density at radius 2 is 1.43 bits per heavy atom. The van der Waals surface area contributed by atoms with Gasteiger partial charge in [-0.05, 0) is 48.9 Å². The van der Waals surface area contributed by atoms with Crippen molar-refractivity contribution in [3.05, 3.63) is 78.6 Å². The second kappa shape index (κ2) is 6.31. The van der Waals surface area contributed by atoms with Crippen molar-refractivity contribution >= 4 is 0 Å². The first-order chi connectivity index (χ1) is 10.3. The Morgan fingerprint density at radius 1 is 0.810 bits per heavy atom. The third-order valence-electron chi connectivity index (χ3n) is 3.41. The smallest absolute Gasteiger partial charge is 0.127 e. The lowest BCUT2D eigenvalue weighted by Gasteiger charge is -2.18. The Hall–Kier alpha value is -2.48. The Labute approximate surface area is 125 Å². The fraction of sp³-hybridized carbons (Fsp3) is 0.158. The Kier molecular flexibility index (Phi) is 4.06. The molecule has 1 aliphatic carbocycles. The average molecular weight is 278 g/mol. The summed E-state index contributed by atoms with van der Waals surface area (Å²) in [4.78, 5) is 0. The van der Waals surface area contributed by atoms with Gasteiger partial charge in [-0.1, -0.05) is 37.3 Å². The molecule has 1 aliphatic rings. The van der Waals surface area contributed by atoms with E-state index in [9.17, 15) is 0 Å². The number of hydrogen-bond acceptors (Lipinski definition) is 2. The first-order valence-corrected chi connectivity index (χ1v) is 7.19. The van der Waals surface area contributed by atoms with Crippen LogP contribution in [0.4, 0.5) is 0 Å². The van der Waals surface area contributed by atoms with Crippen molar-refractivity contribution in [2.24, 2.45) is 5.92 Å². The molecule has 2 nitrogen and oxygen atoms in total. The molecule has 21 heavy (non-hydrogen) atoms. The molecule has 2 aromatic carbocycles. The van der Waals surface area contributed by atoms with Crippen molar-refractivity contribution in [2.75, 3.05) is 0 Å². The fourth-order valence-corrected chi connectivity index (χ4v) is 2.20. The van der Waals surface area contributed by atoms with Crippen LogP contribution in [-0.4, -0.2) is 0 Å². The molecule has 0 fully saturated rings. The standard InChI is InChI=1S/C19H18O2/c1-15-7-5-6-10-19(15)21-18-13-11-17(12-14-18)20-16-8-3-2-4-9-16/h2-6,8-15H,7H2,1H3. The lowest BCUT2D eigenvalue weighted by atomic mass is 10.0. The molecule has 0 saturated heterocycles. The van der Waals surface area contributed by atoms with Crippen LogP contribution in [-0.2, 0) is 0 Å². The maximum atomic E-state index is 5.93. The van der Waals surface area contributed by atoms with E-state index in [-0.39, 0.29) is 0 Å². The van der Waals surface area contributed by atoms with E-state index in [1.807, 2.05) is 66.7 Å². The van der Waals surface area contributed by atoms with Gasteiger partial charge in [0.2, 0.25) is 0 Å². The lowest BCUT2D eigenvalue weighted by molar-refractivity contribution is 0.355. The summed E-state index contributed by atoms with van der Waals surface area (Å²) in [6.07, 6.45) is 7.26. The van der Waals surface area contributed by atoms with Gasteiger partial charge in [-0.25, -0.2) is 0 Å². The second-order valence-electron chi connectivity index (χ2n) is 5.12. The molecule has 2 heteroatoms. The summed E-state index contributed by atoms with van der Waals surface area (Å²) in [5.74, 6) is 3.91. The maximum Gasteiger partial charge on any atom is 0.127 e. The Balaban J connectivity index is 1.67. The molecule has 0 N–H and O–H groups in total. The minimum Gasteiger partial charge on any atom is -0.461 e. The van der Waals surface area contributed by atoms with Crippen molar-refractivity contribution in [1.82, 2.24) is 0 Å². The highest BCUT2D eigenvalue weighted by Crippen LogP contribution is 2.27. The van der Waals surface area contributed by atoms with E-state index < -0.39 is 0 Å². The summed E-state index contributed by atoms with van der Waals surface area (Å²) < 4.78 is 11.7. The van der Waals surface area contributed by atoms with Gasteiger partial charge in [-0.15, -0.1) is 0 Å². The zero-order chi connectivity index (χ0) is 14.5. The second-order valence-corrected chi connectivity index (χ2v) is 5.12. The number of hydrogen-bond donors (Lipinski definition) is 0. The predicted molar refractivity (Wildman–Crippen MR) is 84.6 cm³/mol. The van der Waals surface area contributed by atoms with Crippen LogP contribution in [0.5, 0.6) is 17.2 Å². The van der Waals surface area contributed by atoms with Crippen LogP contribution in [0.15, 0.2) is 78.6 Å². The molecule has 0 saturated carbocycles. The molecule has 2 aromatic rings. The molecule has 1 unspecified atom stereocenters. The van der Waals surface area contributed by atoms with Gasteiger partial charge in [-0.2, -0.15) is 0 Å². The van der Waals surface area contributed by atoms with Gasteiger partial charge in [0.05, 0.1) is 0 Å². The fourth-order valence-electron chi connectivity index (χ4n) is 2.20. The Bertz CT molecular complexity index is 639. The molecule has 0 aromatic heterocycles. The van der Waals surface area contributed by atoms with Gasteiger partial charge >= 0.3 is 0 Å². The van der Waals surface area contributed by atoms with Gasteiger partial charge < -0.3 is 9.47 Å². The van der Waals surface area contributed by atoms with Gasteiger partial charge in [0.1, 0.15) is 23.0 Å². The van der Waals surface area contributed by atoms with Gasteiger partial charge in [0, 0.05) is 5.92 Å². The highest BCUT2D eigenvalue weighted by molar-refractivity contribution is 5.36. The van der Waals surface area contributed by atoms with Crippen molar-refractivity contribution in [2.45, 2.75) is 13.3 Å². The first-order valence-electron chi connectivity index (χ1n) is 7.19. The lowest BCUT2D eigenvalue weighted by Crippen LogP contribution is -2.07. The van der Waals surface area contributed by atoms with E-state index in [0.29, 0.717) is 5.92 Å². The van der Waals surface area contributed by atoms with Crippen molar-refractivity contribution in [3.63, 3.8) is 0 Å². The summed E-state index contributed by atoms with van der Waals surface area (Å²) in [5.41, 5.74) is 0. The quantitative estimate of drug-likeness (QED) is 0.751. The van der Waals surface area contributed by atoms with Crippen LogP contribution in [0.2, 0.25) is 0 Å². The van der Waals surface area contributed by atoms with Crippen LogP contribution in [0, 0.1) is 5.92 Å². The van der Waals surface area contributed by atoms with Crippen molar-refractivity contribution < 1.29 is 9.47 Å². The highest BCUT2D eigenvalue weighted by Gasteiger charge is 2.12. The van der Waals surface area contributed by atoms with Crippen LogP contribution in [0.25, 0.3) is 0 Å². The Morgan fingerprint density at radius 3 is 2.10 bits per heavy atom. The van der Waals surface area contributed by atoms with E-state index in [4.69, 9.17) is 9.47 Å². The number of para-hydroxylation sites is 1. The molecule has 1 atom stereocenters. The third-order valence-corrected chi connectivity index (χ3v) is 3.41. The molecule has 0 aliphatic heterocycles. The van der Waals surface area contributed by atoms with E-state index in [1.165, 1.54) is 0 Å². The summed E-state index contributed by atoms with van der Waals surface area (Å²) in [7, 11) is 0. The molecule has 0 bridgehead atoms. The molecular weight excluding hydrogens is 260 g/mol. The van der Waals surface area contributed by atoms with Gasteiger partial charge in [0.15, 0.2) is 0 Å². The number of allylic oxidation sites excluding steroid dienone is 4. The topological polar surface area (TPSA) is 18.5 Å². The van der Waals surface area contributed by atoms with E-state index in [0.717, 1.165) is 29.4 Å². The van der Waals surface area contributed by atoms with Crippen LogP contribution in [0.3, 0.4) is 0 Å². The molecule has 106 valence electrons. The molecule has 0 amide bonds. The summed E-state index contributed by atoms with van der Waals surface area (Å²) in [6, 6.07) is 17.5. The zero-order valence-electron chi connectivity index (χ0n) is 12.0. The van der Waals surface area contributed by atoms with E-state index >= 15 is 0 Å². The molecule has 0 radical (unpaired) electrons. The number of rotatable bonds is 4. The first kappa shape index (κ1) is 13.5. The molecule has 0 heterocycles. The van der Waals surface area contributed by atoms with Crippen LogP contribution < -0.4 is 9.47 Å². The highest BCUT2D eigenvalue weighted by atomic mass is 16.5. The predicted octanol–water partition coefficient (Wildman–Crippen LogP) is 5.34. The van der Waals surface area contributed by atoms with E-state index in [2.05, 4.69) is 13.0 Å². The van der Waals surface area contributed by atoms with Crippen LogP contribution in [0.1, 0.15) is 13.3 Å². The largest absolute Gasteiger partial charge is 0.461 e.